The second-order valence-corrected chi connectivity index (χ2v) is 8.48. The molecule has 0 spiro atoms. The van der Waals surface area contributed by atoms with Crippen LogP contribution < -0.4 is 4.72 Å². The summed E-state index contributed by atoms with van der Waals surface area (Å²) >= 11 is 9.13. The minimum Gasteiger partial charge on any atom is -0.289 e. The predicted octanol–water partition coefficient (Wildman–Crippen LogP) is 5.13. The van der Waals surface area contributed by atoms with Gasteiger partial charge in [-0.1, -0.05) is 57.9 Å². The minimum atomic E-state index is -3.86. The zero-order valence-corrected chi connectivity index (χ0v) is 16.5. The van der Waals surface area contributed by atoms with Crippen molar-refractivity contribution in [2.45, 2.75) is 4.90 Å². The molecule has 0 unspecified atom stereocenters. The SMILES string of the molecule is O=C(c1ccccc1)c1cc(Br)ccc1NS(=O)(=O)c1ccc(Cl)cc1. The summed E-state index contributed by atoms with van der Waals surface area (Å²) in [5.74, 6) is -0.277. The molecule has 3 aromatic carbocycles. The quantitative estimate of drug-likeness (QED) is 0.548. The lowest BCUT2D eigenvalue weighted by molar-refractivity contribution is 0.103. The molecular formula is C19H13BrClNO3S. The number of hydrogen-bond donors (Lipinski definition) is 1. The molecule has 0 saturated heterocycles. The Balaban J connectivity index is 2.01. The maximum Gasteiger partial charge on any atom is 0.261 e. The van der Waals surface area contributed by atoms with E-state index in [1.165, 1.54) is 24.3 Å². The second-order valence-electron chi connectivity index (χ2n) is 5.44. The highest BCUT2D eigenvalue weighted by atomic mass is 79.9. The topological polar surface area (TPSA) is 63.2 Å². The molecule has 4 nitrogen and oxygen atoms in total. The Hall–Kier alpha value is -2.15. The molecule has 0 bridgehead atoms. The van der Waals surface area contributed by atoms with E-state index < -0.39 is 10.0 Å². The van der Waals surface area contributed by atoms with Crippen LogP contribution in [0.25, 0.3) is 0 Å². The van der Waals surface area contributed by atoms with Crippen molar-refractivity contribution in [2.24, 2.45) is 0 Å². The van der Waals surface area contributed by atoms with Gasteiger partial charge in [-0.25, -0.2) is 8.42 Å². The average molecular weight is 451 g/mol. The zero-order chi connectivity index (χ0) is 18.7. The van der Waals surface area contributed by atoms with Crippen molar-refractivity contribution in [3.05, 3.63) is 93.4 Å². The fraction of sp³-hybridized carbons (Fsp3) is 0. The van der Waals surface area contributed by atoms with E-state index in [4.69, 9.17) is 11.6 Å². The minimum absolute atomic E-state index is 0.0583. The van der Waals surface area contributed by atoms with Crippen LogP contribution in [-0.4, -0.2) is 14.2 Å². The van der Waals surface area contributed by atoms with Crippen LogP contribution in [0.2, 0.25) is 5.02 Å². The molecule has 0 aromatic heterocycles. The van der Waals surface area contributed by atoms with E-state index in [-0.39, 0.29) is 21.9 Å². The lowest BCUT2D eigenvalue weighted by Crippen LogP contribution is -2.16. The van der Waals surface area contributed by atoms with Gasteiger partial charge in [-0.05, 0) is 42.5 Å². The van der Waals surface area contributed by atoms with Crippen LogP contribution in [-0.2, 0) is 10.0 Å². The van der Waals surface area contributed by atoms with E-state index in [0.29, 0.717) is 15.1 Å². The first kappa shape index (κ1) is 18.6. The molecular weight excluding hydrogens is 438 g/mol. The van der Waals surface area contributed by atoms with Crippen molar-refractivity contribution >= 4 is 49.0 Å². The van der Waals surface area contributed by atoms with Crippen LogP contribution in [0.15, 0.2) is 82.2 Å². The van der Waals surface area contributed by atoms with Crippen molar-refractivity contribution in [3.8, 4) is 0 Å². The van der Waals surface area contributed by atoms with E-state index in [1.54, 1.807) is 42.5 Å². The second kappa shape index (κ2) is 7.61. The van der Waals surface area contributed by atoms with Crippen LogP contribution in [0, 0.1) is 0 Å². The molecule has 0 aliphatic carbocycles. The van der Waals surface area contributed by atoms with Gasteiger partial charge in [0.25, 0.3) is 10.0 Å². The largest absolute Gasteiger partial charge is 0.289 e. The smallest absolute Gasteiger partial charge is 0.261 e. The van der Waals surface area contributed by atoms with E-state index in [0.717, 1.165) is 0 Å². The van der Waals surface area contributed by atoms with Gasteiger partial charge in [-0.3, -0.25) is 9.52 Å². The Morgan fingerprint density at radius 3 is 2.23 bits per heavy atom. The number of nitrogens with one attached hydrogen (secondary N) is 1. The van der Waals surface area contributed by atoms with Gasteiger partial charge in [-0.2, -0.15) is 0 Å². The molecule has 26 heavy (non-hydrogen) atoms. The molecule has 0 amide bonds. The van der Waals surface area contributed by atoms with Gasteiger partial charge in [0.15, 0.2) is 5.78 Å². The summed E-state index contributed by atoms with van der Waals surface area (Å²) in [7, 11) is -3.86. The Bertz CT molecular complexity index is 1050. The number of carbonyl (C=O) groups is 1. The van der Waals surface area contributed by atoms with Crippen molar-refractivity contribution in [1.82, 2.24) is 0 Å². The van der Waals surface area contributed by atoms with Crippen LogP contribution in [0.1, 0.15) is 15.9 Å². The standard InChI is InChI=1S/C19H13BrClNO3S/c20-14-6-11-18(17(12-14)19(23)13-4-2-1-3-5-13)22-26(24,25)16-9-7-15(21)8-10-16/h1-12,22H. The van der Waals surface area contributed by atoms with Gasteiger partial charge >= 0.3 is 0 Å². The fourth-order valence-corrected chi connectivity index (χ4v) is 3.92. The van der Waals surface area contributed by atoms with E-state index in [1.807, 2.05) is 6.07 Å². The predicted molar refractivity (Wildman–Crippen MR) is 106 cm³/mol. The molecule has 0 aliphatic heterocycles. The first-order valence-corrected chi connectivity index (χ1v) is 10.2. The highest BCUT2D eigenvalue weighted by Gasteiger charge is 2.20. The van der Waals surface area contributed by atoms with Gasteiger partial charge in [0.1, 0.15) is 0 Å². The van der Waals surface area contributed by atoms with Crippen molar-refractivity contribution in [3.63, 3.8) is 0 Å². The zero-order valence-electron chi connectivity index (χ0n) is 13.3. The number of halogens is 2. The van der Waals surface area contributed by atoms with E-state index >= 15 is 0 Å². The average Bonchev–Trinajstić information content (AvgIpc) is 2.63. The lowest BCUT2D eigenvalue weighted by atomic mass is 10.0. The van der Waals surface area contributed by atoms with Gasteiger partial charge < -0.3 is 0 Å². The molecule has 0 saturated carbocycles. The highest BCUT2D eigenvalue weighted by molar-refractivity contribution is 9.10. The number of carbonyl (C=O) groups excluding carboxylic acids is 1. The van der Waals surface area contributed by atoms with E-state index in [9.17, 15) is 13.2 Å². The monoisotopic (exact) mass is 449 g/mol. The number of rotatable bonds is 5. The molecule has 3 aromatic rings. The highest BCUT2D eigenvalue weighted by Crippen LogP contribution is 2.26. The normalized spacial score (nSPS) is 11.2. The molecule has 7 heteroatoms. The Morgan fingerprint density at radius 2 is 1.58 bits per heavy atom. The fourth-order valence-electron chi connectivity index (χ4n) is 2.36. The molecule has 0 fully saturated rings. The summed E-state index contributed by atoms with van der Waals surface area (Å²) in [6, 6.07) is 19.3. The molecule has 0 radical (unpaired) electrons. The maximum absolute atomic E-state index is 12.8. The molecule has 3 rings (SSSR count). The van der Waals surface area contributed by atoms with Crippen LogP contribution in [0.4, 0.5) is 5.69 Å². The summed E-state index contributed by atoms with van der Waals surface area (Å²) in [5.41, 5.74) is 0.928. The van der Waals surface area contributed by atoms with Crippen LogP contribution in [0.5, 0.6) is 0 Å². The third-order valence-electron chi connectivity index (χ3n) is 3.63. The number of benzene rings is 3. The summed E-state index contributed by atoms with van der Waals surface area (Å²) in [4.78, 5) is 12.9. The Morgan fingerprint density at radius 1 is 0.923 bits per heavy atom. The number of ketones is 1. The van der Waals surface area contributed by atoms with Crippen molar-refractivity contribution in [1.29, 1.82) is 0 Å². The third kappa shape index (κ3) is 4.15. The first-order chi connectivity index (χ1) is 12.4. The first-order valence-electron chi connectivity index (χ1n) is 7.54. The third-order valence-corrected chi connectivity index (χ3v) is 5.76. The summed E-state index contributed by atoms with van der Waals surface area (Å²) in [6.07, 6.45) is 0. The van der Waals surface area contributed by atoms with Gasteiger partial charge in [0.2, 0.25) is 0 Å². The van der Waals surface area contributed by atoms with Gasteiger partial charge in [-0.15, -0.1) is 0 Å². The molecule has 132 valence electrons. The summed E-state index contributed by atoms with van der Waals surface area (Å²) in [5, 5.41) is 0.438. The summed E-state index contributed by atoms with van der Waals surface area (Å²) in [6.45, 7) is 0. The molecule has 0 aliphatic rings. The van der Waals surface area contributed by atoms with Crippen LogP contribution >= 0.6 is 27.5 Å². The Labute approximate surface area is 165 Å². The summed E-state index contributed by atoms with van der Waals surface area (Å²) < 4.78 is 28.4. The molecule has 0 heterocycles. The van der Waals surface area contributed by atoms with Gasteiger partial charge in [0, 0.05) is 20.6 Å². The maximum atomic E-state index is 12.8. The lowest BCUT2D eigenvalue weighted by Gasteiger charge is -2.13. The Kier molecular flexibility index (Phi) is 5.46. The van der Waals surface area contributed by atoms with Crippen molar-refractivity contribution < 1.29 is 13.2 Å². The van der Waals surface area contributed by atoms with Crippen molar-refractivity contribution in [2.75, 3.05) is 4.72 Å². The number of hydrogen-bond acceptors (Lipinski definition) is 3. The molecule has 0 atom stereocenters. The number of anilines is 1. The van der Waals surface area contributed by atoms with Gasteiger partial charge in [0.05, 0.1) is 10.6 Å². The number of sulfonamides is 1. The van der Waals surface area contributed by atoms with Crippen LogP contribution in [0.3, 0.4) is 0 Å². The van der Waals surface area contributed by atoms with E-state index in [2.05, 4.69) is 20.7 Å². The molecule has 1 N–H and O–H groups in total.